The number of nitrogens with two attached hydrogens (primary N) is 1. The fourth-order valence-corrected chi connectivity index (χ4v) is 4.84. The largest absolute Gasteiger partial charge is 0.382 e. The van der Waals surface area contributed by atoms with Crippen LogP contribution in [0.2, 0.25) is 0 Å². The maximum atomic E-state index is 12.8. The Labute approximate surface area is 197 Å². The number of carbonyl (C=O) groups excluding carboxylic acids is 2. The Hall–Kier alpha value is -3.79. The third-order valence-corrected chi connectivity index (χ3v) is 7.28. The predicted octanol–water partition coefficient (Wildman–Crippen LogP) is 3.07. The van der Waals surface area contributed by atoms with Crippen LogP contribution in [0.1, 0.15) is 42.2 Å². The summed E-state index contributed by atoms with van der Waals surface area (Å²) in [5.41, 5.74) is 8.74. The Morgan fingerprint density at radius 1 is 1.12 bits per heavy atom. The van der Waals surface area contributed by atoms with Crippen molar-refractivity contribution in [2.75, 3.05) is 23.5 Å². The molecule has 2 amide bonds. The molecule has 0 aliphatic carbocycles. The van der Waals surface area contributed by atoms with Gasteiger partial charge in [-0.25, -0.2) is 18.4 Å². The van der Waals surface area contributed by atoms with Crippen LogP contribution in [-0.2, 0) is 14.6 Å². The average Bonchev–Trinajstić information content (AvgIpc) is 2.82. The number of likely N-dealkylation sites (tertiary alicyclic amines) is 1. The Morgan fingerprint density at radius 2 is 1.79 bits per heavy atom. The van der Waals surface area contributed by atoms with E-state index in [1.54, 1.807) is 0 Å². The van der Waals surface area contributed by atoms with Crippen LogP contribution in [0.25, 0.3) is 11.3 Å². The van der Waals surface area contributed by atoms with Crippen molar-refractivity contribution in [3.63, 3.8) is 0 Å². The molecule has 0 saturated carbocycles. The third kappa shape index (κ3) is 4.91. The summed E-state index contributed by atoms with van der Waals surface area (Å²) < 4.78 is 25.0. The summed E-state index contributed by atoms with van der Waals surface area (Å²) in [6.45, 7) is 4.65. The van der Waals surface area contributed by atoms with E-state index >= 15 is 0 Å². The molecule has 1 saturated heterocycles. The minimum Gasteiger partial charge on any atom is -0.382 e. The topological polar surface area (TPSA) is 135 Å². The average molecular weight is 480 g/mol. The molecule has 0 bridgehead atoms. The van der Waals surface area contributed by atoms with E-state index in [1.165, 1.54) is 40.9 Å². The van der Waals surface area contributed by atoms with Crippen molar-refractivity contribution in [2.24, 2.45) is 0 Å². The number of nitrogens with zero attached hydrogens (tertiary/aromatic N) is 3. The lowest BCUT2D eigenvalue weighted by Crippen LogP contribution is -2.45. The maximum Gasteiger partial charge on any atom is 0.278 e. The van der Waals surface area contributed by atoms with Crippen LogP contribution in [0.5, 0.6) is 0 Å². The second-order valence-corrected chi connectivity index (χ2v) is 10.4. The molecular formula is C24H25N5O4S. The van der Waals surface area contributed by atoms with Gasteiger partial charge in [0.15, 0.2) is 21.3 Å². The highest BCUT2D eigenvalue weighted by Gasteiger charge is 2.29. The van der Waals surface area contributed by atoms with Gasteiger partial charge in [0.2, 0.25) is 5.91 Å². The van der Waals surface area contributed by atoms with E-state index in [2.05, 4.69) is 29.1 Å². The summed E-state index contributed by atoms with van der Waals surface area (Å²) in [6.07, 6.45) is 1.88. The van der Waals surface area contributed by atoms with E-state index in [9.17, 15) is 18.0 Å². The Morgan fingerprint density at radius 3 is 2.35 bits per heavy atom. The lowest BCUT2D eigenvalue weighted by atomic mass is 10.0. The van der Waals surface area contributed by atoms with Gasteiger partial charge in [-0.3, -0.25) is 9.59 Å². The number of aromatic nitrogens is 2. The standard InChI is InChI=1S/C24H25N5O4S/c1-15(2)16-3-5-17(6-4-16)20-13-26-23(25)22(28-20)24(31)27-18-7-9-19(10-8-18)34(32,33)14-29-12-11-21(29)30/h3-10,13,15H,11-12,14H2,1-2H3,(H2,25,26)(H,27,31). The van der Waals surface area contributed by atoms with E-state index < -0.39 is 15.7 Å². The van der Waals surface area contributed by atoms with Gasteiger partial charge in [-0.2, -0.15) is 0 Å². The van der Waals surface area contributed by atoms with Gasteiger partial charge in [-0.1, -0.05) is 38.1 Å². The van der Waals surface area contributed by atoms with Crippen LogP contribution in [0, 0.1) is 0 Å². The fraction of sp³-hybridized carbons (Fsp3) is 0.250. The summed E-state index contributed by atoms with van der Waals surface area (Å²) in [5.74, 6) is -0.711. The van der Waals surface area contributed by atoms with E-state index in [0.29, 0.717) is 30.3 Å². The summed E-state index contributed by atoms with van der Waals surface area (Å²) in [4.78, 5) is 34.1. The first-order valence-electron chi connectivity index (χ1n) is 10.8. The zero-order chi connectivity index (χ0) is 24.5. The molecule has 34 heavy (non-hydrogen) atoms. The van der Waals surface area contributed by atoms with Gasteiger partial charge in [-0.05, 0) is 35.7 Å². The molecule has 0 unspecified atom stereocenters. The summed E-state index contributed by atoms with van der Waals surface area (Å²) >= 11 is 0. The van der Waals surface area contributed by atoms with E-state index in [-0.39, 0.29) is 28.2 Å². The molecule has 1 fully saturated rings. The second kappa shape index (κ2) is 9.22. The molecule has 1 aromatic heterocycles. The lowest BCUT2D eigenvalue weighted by Gasteiger charge is -2.30. The molecule has 4 rings (SSSR count). The van der Waals surface area contributed by atoms with Crippen molar-refractivity contribution < 1.29 is 18.0 Å². The van der Waals surface area contributed by atoms with Crippen molar-refractivity contribution in [1.82, 2.24) is 14.9 Å². The molecule has 1 aliphatic heterocycles. The van der Waals surface area contributed by atoms with E-state index in [4.69, 9.17) is 5.73 Å². The highest BCUT2D eigenvalue weighted by atomic mass is 32.2. The number of carbonyl (C=O) groups is 2. The molecule has 1 aliphatic rings. The number of rotatable bonds is 7. The lowest BCUT2D eigenvalue weighted by molar-refractivity contribution is -0.138. The van der Waals surface area contributed by atoms with Crippen LogP contribution in [-0.4, -0.2) is 47.5 Å². The molecule has 3 aromatic rings. The Balaban J connectivity index is 1.49. The molecule has 3 N–H and O–H groups in total. The van der Waals surface area contributed by atoms with Gasteiger partial charge in [0, 0.05) is 24.2 Å². The monoisotopic (exact) mass is 479 g/mol. The Bertz CT molecular complexity index is 1340. The number of anilines is 2. The maximum absolute atomic E-state index is 12.8. The minimum atomic E-state index is -3.65. The highest BCUT2D eigenvalue weighted by Crippen LogP contribution is 2.23. The quantitative estimate of drug-likeness (QED) is 0.497. The van der Waals surface area contributed by atoms with E-state index in [0.717, 1.165) is 5.56 Å². The smallest absolute Gasteiger partial charge is 0.278 e. The van der Waals surface area contributed by atoms with Crippen LogP contribution in [0.3, 0.4) is 0 Å². The molecule has 176 valence electrons. The van der Waals surface area contributed by atoms with Crippen molar-refractivity contribution in [3.8, 4) is 11.3 Å². The number of hydrogen-bond donors (Lipinski definition) is 2. The molecule has 2 heterocycles. The van der Waals surface area contributed by atoms with Crippen LogP contribution >= 0.6 is 0 Å². The van der Waals surface area contributed by atoms with Crippen LogP contribution < -0.4 is 11.1 Å². The molecular weight excluding hydrogens is 454 g/mol. The molecule has 0 radical (unpaired) electrons. The first-order chi connectivity index (χ1) is 16.1. The molecule has 0 spiro atoms. The summed E-state index contributed by atoms with van der Waals surface area (Å²) in [7, 11) is -3.65. The first-order valence-corrected chi connectivity index (χ1v) is 12.4. The number of β-lactam (4-membered cyclic amide) rings is 1. The number of nitrogens with one attached hydrogen (secondary N) is 1. The first kappa shape index (κ1) is 23.4. The summed E-state index contributed by atoms with van der Waals surface area (Å²) in [6, 6.07) is 13.6. The molecule has 0 atom stereocenters. The molecule has 2 aromatic carbocycles. The van der Waals surface area contributed by atoms with Gasteiger partial charge in [0.25, 0.3) is 5.91 Å². The minimum absolute atomic E-state index is 0.0153. The normalized spacial score (nSPS) is 13.6. The summed E-state index contributed by atoms with van der Waals surface area (Å²) in [5, 5.41) is 2.67. The van der Waals surface area contributed by atoms with Gasteiger partial charge < -0.3 is 16.0 Å². The van der Waals surface area contributed by atoms with Gasteiger partial charge in [-0.15, -0.1) is 0 Å². The zero-order valence-corrected chi connectivity index (χ0v) is 19.7. The van der Waals surface area contributed by atoms with Gasteiger partial charge >= 0.3 is 0 Å². The van der Waals surface area contributed by atoms with Gasteiger partial charge in [0.05, 0.1) is 16.8 Å². The predicted molar refractivity (Wildman–Crippen MR) is 129 cm³/mol. The van der Waals surface area contributed by atoms with Crippen molar-refractivity contribution in [1.29, 1.82) is 0 Å². The zero-order valence-electron chi connectivity index (χ0n) is 18.9. The van der Waals surface area contributed by atoms with Crippen molar-refractivity contribution in [2.45, 2.75) is 31.1 Å². The highest BCUT2D eigenvalue weighted by molar-refractivity contribution is 7.91. The number of nitrogen functional groups attached to an aromatic ring is 1. The molecule has 10 heteroatoms. The Kier molecular flexibility index (Phi) is 6.34. The van der Waals surface area contributed by atoms with Gasteiger partial charge in [0.1, 0.15) is 5.88 Å². The number of benzene rings is 2. The number of hydrogen-bond acceptors (Lipinski definition) is 7. The van der Waals surface area contributed by atoms with Crippen LogP contribution in [0.15, 0.2) is 59.6 Å². The van der Waals surface area contributed by atoms with E-state index in [1.807, 2.05) is 24.3 Å². The van der Waals surface area contributed by atoms with Crippen molar-refractivity contribution >= 4 is 33.2 Å². The SMILES string of the molecule is CC(C)c1ccc(-c2cnc(N)c(C(=O)Nc3ccc(S(=O)(=O)CN4CCC4=O)cc3)n2)cc1. The number of amides is 2. The fourth-order valence-electron chi connectivity index (χ4n) is 3.46. The van der Waals surface area contributed by atoms with Crippen LogP contribution in [0.4, 0.5) is 11.5 Å². The number of sulfone groups is 1. The van der Waals surface area contributed by atoms with Crippen molar-refractivity contribution in [3.05, 3.63) is 66.0 Å². The molecule has 9 nitrogen and oxygen atoms in total. The third-order valence-electron chi connectivity index (χ3n) is 5.63. The second-order valence-electron chi connectivity index (χ2n) is 8.40.